The van der Waals surface area contributed by atoms with E-state index in [0.29, 0.717) is 0 Å². The quantitative estimate of drug-likeness (QED) is 0.426. The normalized spacial score (nSPS) is 11.1. The summed E-state index contributed by atoms with van der Waals surface area (Å²) in [5.41, 5.74) is 2.42. The van der Waals surface area contributed by atoms with E-state index in [9.17, 15) is 0 Å². The molecule has 4 aromatic rings. The third-order valence-corrected chi connectivity index (χ3v) is 8.11. The molecular weight excluding hydrogens is 372 g/mol. The molecule has 0 aromatic heterocycles. The van der Waals surface area contributed by atoms with E-state index in [1.807, 2.05) is 60.7 Å². The first-order chi connectivity index (χ1) is 14.2. The van der Waals surface area contributed by atoms with Crippen LogP contribution in [0.2, 0.25) is 0 Å². The van der Waals surface area contributed by atoms with Gasteiger partial charge in [-0.1, -0.05) is 96.1 Å². The van der Waals surface area contributed by atoms with Crippen molar-refractivity contribution < 1.29 is 8.85 Å². The predicted molar refractivity (Wildman–Crippen MR) is 122 cm³/mol. The van der Waals surface area contributed by atoms with Gasteiger partial charge in [-0.25, -0.2) is 0 Å². The topological polar surface area (TPSA) is 18.5 Å². The van der Waals surface area contributed by atoms with Gasteiger partial charge in [0.2, 0.25) is 0 Å². The second kappa shape index (κ2) is 8.37. The van der Waals surface area contributed by atoms with Crippen molar-refractivity contribution in [1.82, 2.24) is 0 Å². The van der Waals surface area contributed by atoms with Crippen LogP contribution in [-0.4, -0.2) is 8.56 Å². The molecule has 0 unspecified atom stereocenters. The Kier molecular flexibility index (Phi) is 5.50. The highest BCUT2D eigenvalue weighted by atomic mass is 28.4. The van der Waals surface area contributed by atoms with Gasteiger partial charge < -0.3 is 8.85 Å². The molecule has 144 valence electrons. The molecular formula is C26H24O2Si. The predicted octanol–water partition coefficient (Wildman–Crippen LogP) is 5.02. The van der Waals surface area contributed by atoms with E-state index in [0.717, 1.165) is 21.9 Å². The van der Waals surface area contributed by atoms with Crippen molar-refractivity contribution in [1.29, 1.82) is 0 Å². The second-order valence-electron chi connectivity index (χ2n) is 7.18. The molecule has 0 amide bonds. The molecule has 4 rings (SSSR count). The summed E-state index contributed by atoms with van der Waals surface area (Å²) in [6.45, 7) is 4.18. The highest BCUT2D eigenvalue weighted by molar-refractivity contribution is 6.93. The average molecular weight is 397 g/mol. The molecule has 4 aromatic carbocycles. The van der Waals surface area contributed by atoms with Gasteiger partial charge in [0.1, 0.15) is 11.5 Å². The van der Waals surface area contributed by atoms with E-state index in [1.165, 1.54) is 11.1 Å². The Morgan fingerprint density at radius 1 is 0.448 bits per heavy atom. The Hall–Kier alpha value is -3.30. The van der Waals surface area contributed by atoms with E-state index < -0.39 is 8.56 Å². The Balaban J connectivity index is 1.92. The van der Waals surface area contributed by atoms with E-state index in [1.54, 1.807) is 0 Å². The van der Waals surface area contributed by atoms with Crippen molar-refractivity contribution in [2.45, 2.75) is 13.8 Å². The minimum atomic E-state index is -3.08. The van der Waals surface area contributed by atoms with Crippen LogP contribution in [0.5, 0.6) is 11.5 Å². The lowest BCUT2D eigenvalue weighted by Crippen LogP contribution is -2.68. The zero-order chi connectivity index (χ0) is 20.1. The molecule has 0 saturated heterocycles. The molecule has 0 atom stereocenters. The fourth-order valence-corrected chi connectivity index (χ4v) is 6.27. The van der Waals surface area contributed by atoms with Crippen LogP contribution >= 0.6 is 0 Å². The molecule has 0 fully saturated rings. The number of benzene rings is 4. The standard InChI is InChI=1S/C26H24O2Si/c1-21-13-17-25(18-14-21)29(26-19-15-22(2)16-20-26,27-23-9-5-3-6-10-23)28-24-11-7-4-8-12-24/h3-20H,1-2H3. The first kappa shape index (κ1) is 19.0. The first-order valence-corrected chi connectivity index (χ1v) is 11.6. The molecule has 0 N–H and O–H groups in total. The summed E-state index contributed by atoms with van der Waals surface area (Å²) in [5, 5.41) is 2.14. The molecule has 0 aliphatic carbocycles. The van der Waals surface area contributed by atoms with Crippen molar-refractivity contribution in [3.63, 3.8) is 0 Å². The van der Waals surface area contributed by atoms with Crippen molar-refractivity contribution in [3.05, 3.63) is 120 Å². The summed E-state index contributed by atoms with van der Waals surface area (Å²) >= 11 is 0. The second-order valence-corrected chi connectivity index (χ2v) is 9.97. The number of hydrogen-bond donors (Lipinski definition) is 0. The van der Waals surface area contributed by atoms with Gasteiger partial charge in [-0.05, 0) is 38.1 Å². The molecule has 0 saturated carbocycles. The van der Waals surface area contributed by atoms with Crippen molar-refractivity contribution in [2.75, 3.05) is 0 Å². The van der Waals surface area contributed by atoms with Crippen LogP contribution in [0, 0.1) is 13.8 Å². The van der Waals surface area contributed by atoms with E-state index in [2.05, 4.69) is 62.4 Å². The van der Waals surface area contributed by atoms with Gasteiger partial charge in [-0.15, -0.1) is 0 Å². The molecule has 0 spiro atoms. The molecule has 0 aliphatic rings. The lowest BCUT2D eigenvalue weighted by molar-refractivity contribution is 0.417. The fourth-order valence-electron chi connectivity index (χ4n) is 3.28. The van der Waals surface area contributed by atoms with Crippen LogP contribution in [0.3, 0.4) is 0 Å². The van der Waals surface area contributed by atoms with Crippen LogP contribution in [0.1, 0.15) is 11.1 Å². The van der Waals surface area contributed by atoms with Crippen molar-refractivity contribution in [3.8, 4) is 11.5 Å². The number of para-hydroxylation sites is 2. The van der Waals surface area contributed by atoms with Gasteiger partial charge in [-0.3, -0.25) is 0 Å². The highest BCUT2D eigenvalue weighted by Crippen LogP contribution is 2.21. The Morgan fingerprint density at radius 2 is 0.793 bits per heavy atom. The van der Waals surface area contributed by atoms with Crippen LogP contribution in [0.25, 0.3) is 0 Å². The van der Waals surface area contributed by atoms with E-state index in [4.69, 9.17) is 8.85 Å². The zero-order valence-corrected chi connectivity index (χ0v) is 17.7. The summed E-state index contributed by atoms with van der Waals surface area (Å²) in [4.78, 5) is 0. The third kappa shape index (κ3) is 4.25. The van der Waals surface area contributed by atoms with Crippen molar-refractivity contribution in [2.24, 2.45) is 0 Å². The summed E-state index contributed by atoms with van der Waals surface area (Å²) in [5.74, 6) is 1.60. The SMILES string of the molecule is Cc1ccc([Si](Oc2ccccc2)(Oc2ccccc2)c2ccc(C)cc2)cc1. The summed E-state index contributed by atoms with van der Waals surface area (Å²) < 4.78 is 13.5. The zero-order valence-electron chi connectivity index (χ0n) is 16.7. The summed E-state index contributed by atoms with van der Waals surface area (Å²) in [6, 6.07) is 36.9. The maximum absolute atomic E-state index is 6.77. The third-order valence-electron chi connectivity index (χ3n) is 4.87. The van der Waals surface area contributed by atoms with Crippen LogP contribution < -0.4 is 19.2 Å². The molecule has 3 heteroatoms. The van der Waals surface area contributed by atoms with Crippen molar-refractivity contribution >= 4 is 18.9 Å². The Bertz CT molecular complexity index is 954. The van der Waals surface area contributed by atoms with Gasteiger partial charge in [0.05, 0.1) is 0 Å². The minimum Gasteiger partial charge on any atom is -0.506 e. The minimum absolute atomic E-state index is 0.802. The molecule has 0 heterocycles. The molecule has 29 heavy (non-hydrogen) atoms. The Labute approximate surface area is 173 Å². The van der Waals surface area contributed by atoms with Gasteiger partial charge in [-0.2, -0.15) is 0 Å². The smallest absolute Gasteiger partial charge is 0.506 e. The molecule has 2 nitrogen and oxygen atoms in total. The first-order valence-electron chi connectivity index (χ1n) is 9.78. The molecule has 0 bridgehead atoms. The van der Waals surface area contributed by atoms with Crippen LogP contribution in [0.15, 0.2) is 109 Å². The average Bonchev–Trinajstić information content (AvgIpc) is 2.76. The van der Waals surface area contributed by atoms with Gasteiger partial charge >= 0.3 is 8.56 Å². The number of hydrogen-bond acceptors (Lipinski definition) is 2. The summed E-state index contributed by atoms with van der Waals surface area (Å²) in [7, 11) is -3.08. The largest absolute Gasteiger partial charge is 0.531 e. The number of aryl methyl sites for hydroxylation is 2. The summed E-state index contributed by atoms with van der Waals surface area (Å²) in [6.07, 6.45) is 0. The molecule has 0 aliphatic heterocycles. The fraction of sp³-hybridized carbons (Fsp3) is 0.0769. The maximum atomic E-state index is 6.77. The van der Waals surface area contributed by atoms with E-state index in [-0.39, 0.29) is 0 Å². The lowest BCUT2D eigenvalue weighted by atomic mass is 10.2. The van der Waals surface area contributed by atoms with Crippen LogP contribution in [0.4, 0.5) is 0 Å². The lowest BCUT2D eigenvalue weighted by Gasteiger charge is -2.32. The molecule has 0 radical (unpaired) electrons. The van der Waals surface area contributed by atoms with Gasteiger partial charge in [0.25, 0.3) is 0 Å². The van der Waals surface area contributed by atoms with Gasteiger partial charge in [0, 0.05) is 10.4 Å². The van der Waals surface area contributed by atoms with Crippen LogP contribution in [-0.2, 0) is 0 Å². The number of rotatable bonds is 6. The Morgan fingerprint density at radius 3 is 1.14 bits per heavy atom. The monoisotopic (exact) mass is 396 g/mol. The highest BCUT2D eigenvalue weighted by Gasteiger charge is 2.47. The van der Waals surface area contributed by atoms with E-state index >= 15 is 0 Å². The van der Waals surface area contributed by atoms with Gasteiger partial charge in [0.15, 0.2) is 0 Å². The maximum Gasteiger partial charge on any atom is 0.531 e.